The maximum absolute atomic E-state index is 14.4. The fourth-order valence-electron chi connectivity index (χ4n) is 6.40. The summed E-state index contributed by atoms with van der Waals surface area (Å²) < 4.78 is 46.0. The molecule has 258 valence electrons. The molecule has 1 aliphatic heterocycles. The topological polar surface area (TPSA) is 132 Å². The summed E-state index contributed by atoms with van der Waals surface area (Å²) in [6, 6.07) is 15.2. The number of alkyl carbamates (subject to hydrolysis) is 1. The van der Waals surface area contributed by atoms with E-state index in [1.807, 2.05) is 30.3 Å². The average Bonchev–Trinajstić information content (AvgIpc) is 3.50. The zero-order chi connectivity index (χ0) is 34.0. The molecule has 11 nitrogen and oxygen atoms in total. The molecule has 4 rings (SSSR count). The number of sulfonamides is 1. The smallest absolute Gasteiger partial charge is 0.408 e. The summed E-state index contributed by atoms with van der Waals surface area (Å²) in [5.74, 6) is -1.22. The van der Waals surface area contributed by atoms with E-state index in [1.54, 1.807) is 39.0 Å². The minimum absolute atomic E-state index is 0.0330. The lowest BCUT2D eigenvalue weighted by Crippen LogP contribution is -2.56. The summed E-state index contributed by atoms with van der Waals surface area (Å²) in [5.41, 5.74) is 0.244. The van der Waals surface area contributed by atoms with E-state index in [0.717, 1.165) is 37.7 Å². The molecule has 1 heterocycles. The summed E-state index contributed by atoms with van der Waals surface area (Å²) in [4.78, 5) is 41.9. The molecule has 2 aromatic carbocycles. The molecular formula is C35H49N3O8S. The number of amides is 2. The van der Waals surface area contributed by atoms with Crippen LogP contribution in [0.15, 0.2) is 65.6 Å². The molecule has 12 heteroatoms. The van der Waals surface area contributed by atoms with E-state index in [4.69, 9.17) is 14.2 Å². The third kappa shape index (κ3) is 10.0. The molecule has 1 aliphatic carbocycles. The van der Waals surface area contributed by atoms with E-state index in [2.05, 4.69) is 5.32 Å². The van der Waals surface area contributed by atoms with Gasteiger partial charge in [0, 0.05) is 25.7 Å². The van der Waals surface area contributed by atoms with Gasteiger partial charge in [0.25, 0.3) is 0 Å². The van der Waals surface area contributed by atoms with Crippen molar-refractivity contribution in [2.45, 2.75) is 101 Å². The number of rotatable bonds is 13. The first-order valence-corrected chi connectivity index (χ1v) is 17.9. The summed E-state index contributed by atoms with van der Waals surface area (Å²) in [6.07, 6.45) is 4.10. The van der Waals surface area contributed by atoms with Crippen molar-refractivity contribution in [2.24, 2.45) is 5.92 Å². The fourth-order valence-corrected chi connectivity index (χ4v) is 8.09. The Bertz CT molecular complexity index is 1430. The maximum atomic E-state index is 14.4. The first-order chi connectivity index (χ1) is 22.4. The predicted molar refractivity (Wildman–Crippen MR) is 177 cm³/mol. The van der Waals surface area contributed by atoms with Crippen LogP contribution >= 0.6 is 0 Å². The first-order valence-electron chi connectivity index (χ1n) is 16.5. The van der Waals surface area contributed by atoms with Crippen molar-refractivity contribution in [1.29, 1.82) is 0 Å². The number of methoxy groups -OCH3 is 1. The van der Waals surface area contributed by atoms with E-state index in [1.165, 1.54) is 28.4 Å². The molecule has 1 saturated heterocycles. The van der Waals surface area contributed by atoms with Crippen molar-refractivity contribution in [3.05, 3.63) is 66.2 Å². The molecule has 3 unspecified atom stereocenters. The molecule has 0 spiro atoms. The number of ether oxygens (including phenoxy) is 3. The lowest BCUT2D eigenvalue weighted by Gasteiger charge is -2.35. The fraction of sp³-hybridized carbons (Fsp3) is 0.571. The Morgan fingerprint density at radius 1 is 0.979 bits per heavy atom. The number of benzene rings is 2. The third-order valence-electron chi connectivity index (χ3n) is 8.63. The second-order valence-corrected chi connectivity index (χ2v) is 15.2. The summed E-state index contributed by atoms with van der Waals surface area (Å²) in [5, 5.41) is 2.81. The van der Waals surface area contributed by atoms with E-state index >= 15 is 0 Å². The van der Waals surface area contributed by atoms with Crippen LogP contribution in [0.5, 0.6) is 0 Å². The van der Waals surface area contributed by atoms with Crippen molar-refractivity contribution >= 4 is 28.0 Å². The van der Waals surface area contributed by atoms with Gasteiger partial charge in [0.2, 0.25) is 15.9 Å². The predicted octanol–water partition coefficient (Wildman–Crippen LogP) is 4.90. The zero-order valence-corrected chi connectivity index (χ0v) is 28.7. The van der Waals surface area contributed by atoms with Gasteiger partial charge in [-0.25, -0.2) is 18.0 Å². The van der Waals surface area contributed by atoms with Gasteiger partial charge >= 0.3 is 12.1 Å². The number of carbonyl (C=O) groups is 3. The molecule has 0 bridgehead atoms. The van der Waals surface area contributed by atoms with Crippen LogP contribution in [-0.2, 0) is 40.4 Å². The number of hydrogen-bond acceptors (Lipinski definition) is 8. The SMILES string of the molecule is COC(=O)C1CC(N(CCCOCc2ccccc2)S(=O)(=O)c2ccccc2)CN1C(=O)C(NC(=O)OC(C)(C)C)C1CCCCC1. The van der Waals surface area contributed by atoms with Crippen LogP contribution < -0.4 is 5.32 Å². The van der Waals surface area contributed by atoms with Gasteiger partial charge < -0.3 is 24.4 Å². The molecule has 0 radical (unpaired) electrons. The lowest BCUT2D eigenvalue weighted by atomic mass is 9.83. The Hall–Kier alpha value is -3.48. The second-order valence-electron chi connectivity index (χ2n) is 13.3. The molecule has 2 fully saturated rings. The number of esters is 1. The third-order valence-corrected chi connectivity index (χ3v) is 10.6. The van der Waals surface area contributed by atoms with E-state index < -0.39 is 51.7 Å². The molecule has 2 aromatic rings. The standard InChI is InChI=1S/C35H49N3O8S/c1-35(2,3)46-34(41)36-31(27-17-10-6-11-18-27)32(39)37-24-28(23-30(37)33(40)44-4)38(47(42,43)29-19-12-7-13-20-29)21-14-22-45-25-26-15-8-5-9-16-26/h5,7-9,12-13,15-16,19-20,27-28,30-31H,6,10-11,14,17-18,21-25H2,1-4H3,(H,36,41). The molecule has 1 N–H and O–H groups in total. The molecule has 1 saturated carbocycles. The minimum atomic E-state index is -4.01. The van der Waals surface area contributed by atoms with Gasteiger partial charge in [0.05, 0.1) is 18.6 Å². The van der Waals surface area contributed by atoms with Gasteiger partial charge in [-0.3, -0.25) is 4.79 Å². The Morgan fingerprint density at radius 2 is 1.62 bits per heavy atom. The lowest BCUT2D eigenvalue weighted by molar-refractivity contribution is -0.152. The van der Waals surface area contributed by atoms with Crippen LogP contribution in [0.1, 0.15) is 71.3 Å². The van der Waals surface area contributed by atoms with Crippen molar-refractivity contribution in [3.8, 4) is 0 Å². The van der Waals surface area contributed by atoms with Crippen LogP contribution in [0.3, 0.4) is 0 Å². The highest BCUT2D eigenvalue weighted by atomic mass is 32.2. The molecule has 2 amide bonds. The molecule has 47 heavy (non-hydrogen) atoms. The quantitative estimate of drug-likeness (QED) is 0.235. The van der Waals surface area contributed by atoms with Crippen LogP contribution in [0.2, 0.25) is 0 Å². The monoisotopic (exact) mass is 671 g/mol. The average molecular weight is 672 g/mol. The summed E-state index contributed by atoms with van der Waals surface area (Å²) >= 11 is 0. The van der Waals surface area contributed by atoms with E-state index in [-0.39, 0.29) is 30.3 Å². The van der Waals surface area contributed by atoms with Crippen LogP contribution in [-0.4, -0.2) is 86.1 Å². The van der Waals surface area contributed by atoms with Gasteiger partial charge in [0.15, 0.2) is 0 Å². The summed E-state index contributed by atoms with van der Waals surface area (Å²) in [7, 11) is -2.76. The highest BCUT2D eigenvalue weighted by Gasteiger charge is 2.48. The van der Waals surface area contributed by atoms with Crippen LogP contribution in [0.4, 0.5) is 4.79 Å². The Labute approximate surface area is 279 Å². The number of likely N-dealkylation sites (tertiary alicyclic amines) is 1. The second kappa shape index (κ2) is 16.6. The van der Waals surface area contributed by atoms with Crippen molar-refractivity contribution in [1.82, 2.24) is 14.5 Å². The number of nitrogens with zero attached hydrogens (tertiary/aromatic N) is 2. The van der Waals surface area contributed by atoms with E-state index in [9.17, 15) is 22.8 Å². The van der Waals surface area contributed by atoms with Gasteiger partial charge in [-0.05, 0) is 70.1 Å². The maximum Gasteiger partial charge on any atom is 0.408 e. The highest BCUT2D eigenvalue weighted by Crippen LogP contribution is 2.32. The van der Waals surface area contributed by atoms with Gasteiger partial charge in [0.1, 0.15) is 17.7 Å². The van der Waals surface area contributed by atoms with Crippen LogP contribution in [0, 0.1) is 5.92 Å². The van der Waals surface area contributed by atoms with Crippen LogP contribution in [0.25, 0.3) is 0 Å². The summed E-state index contributed by atoms with van der Waals surface area (Å²) in [6.45, 7) is 6.04. The molecule has 3 atom stereocenters. The number of nitrogens with one attached hydrogen (secondary N) is 1. The molecular weight excluding hydrogens is 622 g/mol. The van der Waals surface area contributed by atoms with Gasteiger partial charge in [-0.2, -0.15) is 4.31 Å². The Balaban J connectivity index is 1.58. The van der Waals surface area contributed by atoms with Crippen molar-refractivity contribution < 1.29 is 37.0 Å². The van der Waals surface area contributed by atoms with Crippen molar-refractivity contribution in [3.63, 3.8) is 0 Å². The normalized spacial score (nSPS) is 19.7. The first kappa shape index (κ1) is 36.4. The van der Waals surface area contributed by atoms with Gasteiger partial charge in [-0.1, -0.05) is 67.8 Å². The zero-order valence-electron chi connectivity index (χ0n) is 27.9. The highest BCUT2D eigenvalue weighted by molar-refractivity contribution is 7.89. The molecule has 0 aromatic heterocycles. The van der Waals surface area contributed by atoms with Crippen molar-refractivity contribution in [2.75, 3.05) is 26.8 Å². The number of hydrogen-bond donors (Lipinski definition) is 1. The largest absolute Gasteiger partial charge is 0.467 e. The van der Waals surface area contributed by atoms with E-state index in [0.29, 0.717) is 19.6 Å². The minimum Gasteiger partial charge on any atom is -0.467 e. The Kier molecular flexibility index (Phi) is 12.8. The number of carbonyl (C=O) groups excluding carboxylic acids is 3. The van der Waals surface area contributed by atoms with Gasteiger partial charge in [-0.15, -0.1) is 0 Å². The molecule has 2 aliphatic rings. The Morgan fingerprint density at radius 3 is 2.23 bits per heavy atom.